The van der Waals surface area contributed by atoms with Crippen molar-refractivity contribution in [1.82, 2.24) is 0 Å². The Morgan fingerprint density at radius 2 is 1.61 bits per heavy atom. The van der Waals surface area contributed by atoms with Gasteiger partial charge >= 0.3 is 0 Å². The Morgan fingerprint density at radius 1 is 0.903 bits per heavy atom. The topological polar surface area (TPSA) is 60.4 Å². The van der Waals surface area contributed by atoms with E-state index in [2.05, 4.69) is 13.8 Å². The molecule has 0 radical (unpaired) electrons. The molecule has 0 N–H and O–H groups in total. The minimum atomic E-state index is -3.75. The predicted octanol–water partition coefficient (Wildman–Crippen LogP) is 5.68. The van der Waals surface area contributed by atoms with Crippen LogP contribution in [0.2, 0.25) is 0 Å². The highest BCUT2D eigenvalue weighted by Gasteiger charge is 2.61. The normalized spacial score (nSPS) is 42.5. The van der Waals surface area contributed by atoms with Gasteiger partial charge in [0.15, 0.2) is 0 Å². The Hall–Kier alpha value is -1.20. The maximum atomic E-state index is 13.0. The van der Waals surface area contributed by atoms with Crippen LogP contribution in [0.4, 0.5) is 0 Å². The van der Waals surface area contributed by atoms with Crippen molar-refractivity contribution >= 4 is 15.9 Å². The van der Waals surface area contributed by atoms with E-state index in [1.54, 1.807) is 12.1 Å². The highest BCUT2D eigenvalue weighted by atomic mass is 32.2. The van der Waals surface area contributed by atoms with Gasteiger partial charge in [0.05, 0.1) is 11.0 Å². The summed E-state index contributed by atoms with van der Waals surface area (Å²) < 4.78 is 32.0. The van der Waals surface area contributed by atoms with Gasteiger partial charge in [-0.1, -0.05) is 31.5 Å². The Kier molecular flexibility index (Phi) is 5.17. The molecule has 0 spiro atoms. The minimum absolute atomic E-state index is 0.0768. The average Bonchev–Trinajstić information content (AvgIpc) is 3.04. The van der Waals surface area contributed by atoms with E-state index in [9.17, 15) is 13.2 Å². The quantitative estimate of drug-likeness (QED) is 0.563. The molecule has 0 heterocycles. The lowest BCUT2D eigenvalue weighted by Gasteiger charge is -2.60. The minimum Gasteiger partial charge on any atom is -0.300 e. The van der Waals surface area contributed by atoms with Crippen LogP contribution in [0.15, 0.2) is 29.2 Å². The fourth-order valence-electron chi connectivity index (χ4n) is 8.07. The van der Waals surface area contributed by atoms with Crippen LogP contribution in [-0.4, -0.2) is 20.3 Å². The molecule has 0 bridgehead atoms. The highest BCUT2D eigenvalue weighted by molar-refractivity contribution is 7.86. The first-order valence-electron chi connectivity index (χ1n) is 12.2. The largest absolute Gasteiger partial charge is 0.300 e. The van der Waals surface area contributed by atoms with Gasteiger partial charge in [0.25, 0.3) is 10.1 Å². The number of rotatable bonds is 3. The van der Waals surface area contributed by atoms with E-state index in [0.717, 1.165) is 56.9 Å². The number of hydrogen-bond acceptors (Lipinski definition) is 4. The molecular weight excluding hydrogens is 408 g/mol. The van der Waals surface area contributed by atoms with Crippen LogP contribution >= 0.6 is 0 Å². The van der Waals surface area contributed by atoms with Gasteiger partial charge in [0.2, 0.25) is 0 Å². The summed E-state index contributed by atoms with van der Waals surface area (Å²) in [7, 11) is -3.75. The third kappa shape index (κ3) is 3.42. The van der Waals surface area contributed by atoms with Crippen LogP contribution in [0.1, 0.15) is 77.2 Å². The zero-order valence-corrected chi connectivity index (χ0v) is 19.9. The molecule has 5 rings (SSSR count). The summed E-state index contributed by atoms with van der Waals surface area (Å²) in [5.74, 6) is 2.85. The van der Waals surface area contributed by atoms with E-state index in [4.69, 9.17) is 4.18 Å². The molecule has 4 aliphatic carbocycles. The van der Waals surface area contributed by atoms with Crippen LogP contribution < -0.4 is 0 Å². The van der Waals surface area contributed by atoms with Crippen molar-refractivity contribution in [3.63, 3.8) is 0 Å². The van der Waals surface area contributed by atoms with E-state index in [-0.39, 0.29) is 21.8 Å². The van der Waals surface area contributed by atoms with E-state index in [1.807, 2.05) is 19.1 Å². The molecule has 0 unspecified atom stereocenters. The van der Waals surface area contributed by atoms with Crippen LogP contribution in [0.25, 0.3) is 0 Å². The summed E-state index contributed by atoms with van der Waals surface area (Å²) in [6.45, 7) is 6.69. The van der Waals surface area contributed by atoms with Gasteiger partial charge in [-0.25, -0.2) is 0 Å². The van der Waals surface area contributed by atoms with Crippen molar-refractivity contribution < 1.29 is 17.4 Å². The number of benzene rings is 1. The van der Waals surface area contributed by atoms with Gasteiger partial charge in [0.1, 0.15) is 5.78 Å². The second kappa shape index (κ2) is 7.41. The van der Waals surface area contributed by atoms with E-state index < -0.39 is 10.1 Å². The predicted molar refractivity (Wildman–Crippen MR) is 120 cm³/mol. The van der Waals surface area contributed by atoms with Gasteiger partial charge < -0.3 is 0 Å². The number of carbonyl (C=O) groups excluding carboxylic acids is 1. The SMILES string of the molecule is Cc1ccc(S(=O)(=O)O[C@H]2CC[C@@H]3[C@@H]4CC[C@H]5CC(=O)CC[C@]5(C)[C@@H]4CC[C@]23C)cc1. The van der Waals surface area contributed by atoms with Gasteiger partial charge in [-0.05, 0) is 98.5 Å². The molecule has 7 atom stereocenters. The van der Waals surface area contributed by atoms with Gasteiger partial charge in [-0.2, -0.15) is 8.42 Å². The summed E-state index contributed by atoms with van der Waals surface area (Å²) >= 11 is 0. The summed E-state index contributed by atoms with van der Waals surface area (Å²) in [5.41, 5.74) is 1.25. The van der Waals surface area contributed by atoms with Crippen LogP contribution in [0.5, 0.6) is 0 Å². The van der Waals surface area contributed by atoms with Crippen molar-refractivity contribution in [1.29, 1.82) is 0 Å². The number of ketones is 1. The molecule has 0 aromatic heterocycles. The third-order valence-corrected chi connectivity index (χ3v) is 11.3. The molecule has 4 saturated carbocycles. The fraction of sp³-hybridized carbons (Fsp3) is 0.731. The van der Waals surface area contributed by atoms with Crippen LogP contribution in [0, 0.1) is 41.4 Å². The molecule has 5 heteroatoms. The third-order valence-electron chi connectivity index (χ3n) is 9.95. The van der Waals surface area contributed by atoms with Crippen LogP contribution in [-0.2, 0) is 19.1 Å². The monoisotopic (exact) mass is 444 g/mol. The molecule has 170 valence electrons. The fourth-order valence-corrected chi connectivity index (χ4v) is 9.27. The van der Waals surface area contributed by atoms with Crippen molar-refractivity contribution in [3.05, 3.63) is 29.8 Å². The summed E-state index contributed by atoms with van der Waals surface area (Å²) in [6, 6.07) is 6.97. The molecule has 0 saturated heterocycles. The Bertz CT molecular complexity index is 968. The summed E-state index contributed by atoms with van der Waals surface area (Å²) in [5, 5.41) is 0. The lowest BCUT2D eigenvalue weighted by molar-refractivity contribution is -0.140. The number of hydrogen-bond donors (Lipinski definition) is 0. The smallest absolute Gasteiger partial charge is 0.297 e. The second-order valence-electron chi connectivity index (χ2n) is 11.4. The molecule has 4 fully saturated rings. The van der Waals surface area contributed by atoms with Crippen molar-refractivity contribution in [3.8, 4) is 0 Å². The molecule has 0 aliphatic heterocycles. The first-order chi connectivity index (χ1) is 14.6. The van der Waals surface area contributed by atoms with Gasteiger partial charge in [0, 0.05) is 12.8 Å². The van der Waals surface area contributed by atoms with Gasteiger partial charge in [-0.3, -0.25) is 8.98 Å². The van der Waals surface area contributed by atoms with Crippen molar-refractivity contribution in [2.24, 2.45) is 34.5 Å². The molecule has 1 aromatic rings. The molecule has 31 heavy (non-hydrogen) atoms. The number of carbonyl (C=O) groups is 1. The molecule has 4 aliphatic rings. The van der Waals surface area contributed by atoms with E-state index in [0.29, 0.717) is 29.5 Å². The van der Waals surface area contributed by atoms with E-state index >= 15 is 0 Å². The lowest BCUT2D eigenvalue weighted by atomic mass is 9.45. The van der Waals surface area contributed by atoms with Crippen molar-refractivity contribution in [2.75, 3.05) is 0 Å². The Morgan fingerprint density at radius 3 is 2.35 bits per heavy atom. The first-order valence-corrected chi connectivity index (χ1v) is 13.6. The zero-order valence-electron chi connectivity index (χ0n) is 19.1. The summed E-state index contributed by atoms with van der Waals surface area (Å²) in [6.07, 6.45) is 8.75. The lowest BCUT2D eigenvalue weighted by Crippen LogP contribution is -2.54. The number of aryl methyl sites for hydroxylation is 1. The molecular formula is C26H36O4S. The maximum absolute atomic E-state index is 13.0. The maximum Gasteiger partial charge on any atom is 0.297 e. The van der Waals surface area contributed by atoms with Crippen molar-refractivity contribution in [2.45, 2.75) is 89.6 Å². The van der Waals surface area contributed by atoms with E-state index in [1.165, 1.54) is 6.42 Å². The number of fused-ring (bicyclic) bond motifs is 5. The van der Waals surface area contributed by atoms with Crippen LogP contribution in [0.3, 0.4) is 0 Å². The Labute approximate surface area is 187 Å². The van der Waals surface area contributed by atoms with Gasteiger partial charge in [-0.15, -0.1) is 0 Å². The second-order valence-corrected chi connectivity index (χ2v) is 12.9. The average molecular weight is 445 g/mol. The highest BCUT2D eigenvalue weighted by Crippen LogP contribution is 2.66. The zero-order chi connectivity index (χ0) is 22.0. The summed E-state index contributed by atoms with van der Waals surface area (Å²) in [4.78, 5) is 12.4. The molecule has 0 amide bonds. The molecule has 4 nitrogen and oxygen atoms in total. The Balaban J connectivity index is 1.37. The number of Topliss-reactive ketones (excluding diaryl/α,β-unsaturated/α-hetero) is 1. The molecule has 1 aromatic carbocycles. The first kappa shape index (κ1) is 21.6. The standard InChI is InChI=1S/C26H36O4S/c1-17-4-7-20(8-5-17)31(28,29)30-24-11-10-22-21-9-6-18-16-19(27)12-14-25(18,2)23(21)13-15-26(22,24)3/h4-5,7-8,18,21-24H,6,9-16H2,1-3H3/t18-,21-,22+,23+,24-,25-,26-/m0/s1.